The summed E-state index contributed by atoms with van der Waals surface area (Å²) in [5.41, 5.74) is 0. The Balaban J connectivity index is 1.75. The van der Waals surface area contributed by atoms with Crippen LogP contribution < -0.4 is 0 Å². The summed E-state index contributed by atoms with van der Waals surface area (Å²) in [6.45, 7) is 3.32. The van der Waals surface area contributed by atoms with Crippen LogP contribution in [0.25, 0.3) is 0 Å². The van der Waals surface area contributed by atoms with E-state index in [-0.39, 0.29) is 5.92 Å². The molecule has 2 aliphatic rings. The Morgan fingerprint density at radius 1 is 1.44 bits per heavy atom. The molecule has 0 amide bonds. The Hall–Kier alpha value is -1.50. The van der Waals surface area contributed by atoms with E-state index in [2.05, 4.69) is 15.5 Å². The molecule has 3 rings (SSSR count). The minimum atomic E-state index is -0.745. The maximum absolute atomic E-state index is 11.3. The first-order valence-electron chi connectivity index (χ1n) is 6.40. The Labute approximate surface area is 105 Å². The summed E-state index contributed by atoms with van der Waals surface area (Å²) >= 11 is 0. The standard InChI is InChI=1S/C11H17N5O2/c1-7-4-5-15(10(7)11(17)18)6-9-12-13-14-16(9)8-2-3-8/h7-8,10H,2-6H2,1H3,(H,17,18). The normalized spacial score (nSPS) is 28.7. The van der Waals surface area contributed by atoms with Gasteiger partial charge < -0.3 is 5.11 Å². The maximum Gasteiger partial charge on any atom is 0.321 e. The fraction of sp³-hybridized carbons (Fsp3) is 0.818. The van der Waals surface area contributed by atoms with Gasteiger partial charge >= 0.3 is 5.97 Å². The summed E-state index contributed by atoms with van der Waals surface area (Å²) in [5.74, 6) is 0.232. The number of aliphatic carboxylic acids is 1. The zero-order chi connectivity index (χ0) is 12.7. The molecule has 1 aromatic heterocycles. The lowest BCUT2D eigenvalue weighted by atomic mass is 10.0. The highest BCUT2D eigenvalue weighted by atomic mass is 16.4. The molecule has 98 valence electrons. The fourth-order valence-corrected chi connectivity index (χ4v) is 2.70. The van der Waals surface area contributed by atoms with Crippen molar-refractivity contribution in [1.82, 2.24) is 25.1 Å². The zero-order valence-electron chi connectivity index (χ0n) is 10.4. The molecule has 2 heterocycles. The predicted octanol–water partition coefficient (Wildman–Crippen LogP) is 0.303. The molecular formula is C11H17N5O2. The summed E-state index contributed by atoms with van der Waals surface area (Å²) in [5, 5.41) is 21.0. The maximum atomic E-state index is 11.3. The van der Waals surface area contributed by atoms with Crippen molar-refractivity contribution in [3.63, 3.8) is 0 Å². The van der Waals surface area contributed by atoms with Crippen LogP contribution in [0, 0.1) is 5.92 Å². The number of aromatic nitrogens is 4. The van der Waals surface area contributed by atoms with Crippen molar-refractivity contribution in [3.8, 4) is 0 Å². The average molecular weight is 251 g/mol. The van der Waals surface area contributed by atoms with Crippen molar-refractivity contribution in [2.45, 2.75) is 44.8 Å². The van der Waals surface area contributed by atoms with Gasteiger partial charge in [-0.15, -0.1) is 5.10 Å². The molecule has 1 N–H and O–H groups in total. The van der Waals surface area contributed by atoms with Crippen molar-refractivity contribution >= 4 is 5.97 Å². The van der Waals surface area contributed by atoms with E-state index in [0.29, 0.717) is 12.6 Å². The largest absolute Gasteiger partial charge is 0.480 e. The van der Waals surface area contributed by atoms with E-state index in [4.69, 9.17) is 0 Å². The fourth-order valence-electron chi connectivity index (χ4n) is 2.70. The van der Waals surface area contributed by atoms with E-state index in [9.17, 15) is 9.90 Å². The minimum Gasteiger partial charge on any atom is -0.480 e. The van der Waals surface area contributed by atoms with Gasteiger partial charge in [-0.25, -0.2) is 4.68 Å². The van der Waals surface area contributed by atoms with Gasteiger partial charge in [0.15, 0.2) is 5.82 Å². The predicted molar refractivity (Wildman–Crippen MR) is 61.7 cm³/mol. The van der Waals surface area contributed by atoms with Crippen molar-refractivity contribution < 1.29 is 9.90 Å². The summed E-state index contributed by atoms with van der Waals surface area (Å²) in [4.78, 5) is 13.3. The zero-order valence-corrected chi connectivity index (χ0v) is 10.4. The monoisotopic (exact) mass is 251 g/mol. The molecule has 0 spiro atoms. The highest BCUT2D eigenvalue weighted by Crippen LogP contribution is 2.35. The summed E-state index contributed by atoms with van der Waals surface area (Å²) in [6.07, 6.45) is 3.16. The van der Waals surface area contributed by atoms with Crippen molar-refractivity contribution in [3.05, 3.63) is 5.82 Å². The van der Waals surface area contributed by atoms with Crippen LogP contribution in [0.5, 0.6) is 0 Å². The molecule has 2 fully saturated rings. The quantitative estimate of drug-likeness (QED) is 0.828. The first-order chi connectivity index (χ1) is 8.66. The van der Waals surface area contributed by atoms with E-state index >= 15 is 0 Å². The lowest BCUT2D eigenvalue weighted by molar-refractivity contribution is -0.143. The SMILES string of the molecule is CC1CCN(Cc2nnnn2C2CC2)C1C(=O)O. The third-order valence-corrected chi connectivity index (χ3v) is 3.86. The Bertz CT molecular complexity index is 456. The van der Waals surface area contributed by atoms with Crippen molar-refractivity contribution in [2.24, 2.45) is 5.92 Å². The first-order valence-corrected chi connectivity index (χ1v) is 6.40. The lowest BCUT2D eigenvalue weighted by Gasteiger charge is -2.22. The number of hydrogen-bond donors (Lipinski definition) is 1. The van der Waals surface area contributed by atoms with E-state index in [1.165, 1.54) is 0 Å². The van der Waals surface area contributed by atoms with Crippen LogP contribution in [-0.2, 0) is 11.3 Å². The van der Waals surface area contributed by atoms with Crippen LogP contribution in [0.4, 0.5) is 0 Å². The molecule has 2 unspecified atom stereocenters. The number of carbonyl (C=O) groups is 1. The van der Waals surface area contributed by atoms with Crippen LogP contribution in [0.1, 0.15) is 38.1 Å². The molecule has 7 nitrogen and oxygen atoms in total. The second-order valence-corrected chi connectivity index (χ2v) is 5.29. The van der Waals surface area contributed by atoms with Gasteiger partial charge in [0, 0.05) is 0 Å². The summed E-state index contributed by atoms with van der Waals surface area (Å²) < 4.78 is 1.85. The molecule has 0 aromatic carbocycles. The number of likely N-dealkylation sites (tertiary alicyclic amines) is 1. The Morgan fingerprint density at radius 3 is 2.89 bits per heavy atom. The van der Waals surface area contributed by atoms with Crippen LogP contribution in [0.3, 0.4) is 0 Å². The molecule has 2 atom stereocenters. The van der Waals surface area contributed by atoms with Gasteiger partial charge in [0.2, 0.25) is 0 Å². The van der Waals surface area contributed by atoms with E-state index in [1.807, 2.05) is 16.5 Å². The molecule has 1 saturated carbocycles. The van der Waals surface area contributed by atoms with Crippen LogP contribution in [-0.4, -0.2) is 48.8 Å². The van der Waals surface area contributed by atoms with Gasteiger partial charge in [-0.2, -0.15) is 0 Å². The summed E-state index contributed by atoms with van der Waals surface area (Å²) in [6, 6.07) is 0.0210. The number of carboxylic acid groups (broad SMARTS) is 1. The van der Waals surface area contributed by atoms with Crippen LogP contribution in [0.15, 0.2) is 0 Å². The highest BCUT2D eigenvalue weighted by Gasteiger charge is 2.38. The number of nitrogens with zero attached hydrogens (tertiary/aromatic N) is 5. The van der Waals surface area contributed by atoms with E-state index in [1.54, 1.807) is 0 Å². The second kappa shape index (κ2) is 4.31. The minimum absolute atomic E-state index is 0.188. The molecule has 7 heteroatoms. The summed E-state index contributed by atoms with van der Waals surface area (Å²) in [7, 11) is 0. The molecule has 1 aliphatic carbocycles. The number of hydrogen-bond acceptors (Lipinski definition) is 5. The first kappa shape index (κ1) is 11.6. The van der Waals surface area contributed by atoms with Gasteiger partial charge in [0.1, 0.15) is 6.04 Å². The van der Waals surface area contributed by atoms with Crippen LogP contribution in [0.2, 0.25) is 0 Å². The molecule has 0 bridgehead atoms. The number of carboxylic acids is 1. The molecule has 1 aromatic rings. The molecule has 1 saturated heterocycles. The molecule has 1 aliphatic heterocycles. The second-order valence-electron chi connectivity index (χ2n) is 5.29. The van der Waals surface area contributed by atoms with Crippen molar-refractivity contribution in [2.75, 3.05) is 6.54 Å². The van der Waals surface area contributed by atoms with Gasteiger partial charge in [0.25, 0.3) is 0 Å². The smallest absolute Gasteiger partial charge is 0.321 e. The number of tetrazole rings is 1. The van der Waals surface area contributed by atoms with Crippen LogP contribution >= 0.6 is 0 Å². The Morgan fingerprint density at radius 2 is 2.22 bits per heavy atom. The topological polar surface area (TPSA) is 84.1 Å². The van der Waals surface area contributed by atoms with Crippen molar-refractivity contribution in [1.29, 1.82) is 0 Å². The van der Waals surface area contributed by atoms with E-state index in [0.717, 1.165) is 31.6 Å². The lowest BCUT2D eigenvalue weighted by Crippen LogP contribution is -2.39. The third kappa shape index (κ3) is 1.98. The third-order valence-electron chi connectivity index (χ3n) is 3.86. The van der Waals surface area contributed by atoms with Gasteiger partial charge in [0.05, 0.1) is 12.6 Å². The number of rotatable bonds is 4. The van der Waals surface area contributed by atoms with Gasteiger partial charge in [-0.1, -0.05) is 6.92 Å². The molecule has 18 heavy (non-hydrogen) atoms. The van der Waals surface area contributed by atoms with Gasteiger partial charge in [-0.05, 0) is 42.2 Å². The highest BCUT2D eigenvalue weighted by molar-refractivity contribution is 5.74. The van der Waals surface area contributed by atoms with Gasteiger partial charge in [-0.3, -0.25) is 9.69 Å². The molecular weight excluding hydrogens is 234 g/mol. The Kier molecular flexibility index (Phi) is 2.77. The average Bonchev–Trinajstić information content (AvgIpc) is 2.95. The molecule has 0 radical (unpaired) electrons. The van der Waals surface area contributed by atoms with E-state index < -0.39 is 12.0 Å².